The minimum Gasteiger partial charge on any atom is -0.481 e. The van der Waals surface area contributed by atoms with Gasteiger partial charge in [0.2, 0.25) is 0 Å². The van der Waals surface area contributed by atoms with E-state index in [-0.39, 0.29) is 12.3 Å². The third-order valence-electron chi connectivity index (χ3n) is 2.24. The Morgan fingerprint density at radius 1 is 1.19 bits per heavy atom. The molecule has 0 spiro atoms. The Balaban J connectivity index is 4.01. The Morgan fingerprint density at radius 2 is 1.75 bits per heavy atom. The van der Waals surface area contributed by atoms with E-state index in [0.29, 0.717) is 18.9 Å². The first-order valence-corrected chi connectivity index (χ1v) is 5.50. The van der Waals surface area contributed by atoms with Crippen molar-refractivity contribution < 1.29 is 19.8 Å². The van der Waals surface area contributed by atoms with Gasteiger partial charge in [-0.15, -0.1) is 0 Å². The number of aliphatic carboxylic acids is 2. The Kier molecular flexibility index (Phi) is 6.72. The zero-order chi connectivity index (χ0) is 12.7. The Hall–Kier alpha value is -1.10. The maximum absolute atomic E-state index is 10.9. The van der Waals surface area contributed by atoms with Crippen LogP contribution in [0.1, 0.15) is 33.6 Å². The van der Waals surface area contributed by atoms with Gasteiger partial charge in [-0.3, -0.25) is 9.59 Å². The number of carbonyl (C=O) groups is 2. The maximum atomic E-state index is 10.9. The zero-order valence-corrected chi connectivity index (χ0v) is 10.1. The highest BCUT2D eigenvalue weighted by molar-refractivity contribution is 5.73. The van der Waals surface area contributed by atoms with Crippen molar-refractivity contribution in [3.05, 3.63) is 0 Å². The van der Waals surface area contributed by atoms with Gasteiger partial charge in [0.15, 0.2) is 0 Å². The highest BCUT2D eigenvalue weighted by Gasteiger charge is 2.19. The summed E-state index contributed by atoms with van der Waals surface area (Å²) in [6, 6.07) is -0.587. The minimum atomic E-state index is -0.878. The van der Waals surface area contributed by atoms with E-state index in [2.05, 4.69) is 5.32 Å². The highest BCUT2D eigenvalue weighted by Crippen LogP contribution is 2.06. The average molecular weight is 231 g/mol. The Labute approximate surface area is 95.9 Å². The van der Waals surface area contributed by atoms with Crippen LogP contribution < -0.4 is 5.32 Å². The van der Waals surface area contributed by atoms with Gasteiger partial charge in [0.25, 0.3) is 0 Å². The lowest BCUT2D eigenvalue weighted by atomic mass is 10.0. The first-order chi connectivity index (χ1) is 7.32. The van der Waals surface area contributed by atoms with Crippen molar-refractivity contribution in [2.45, 2.75) is 39.7 Å². The molecule has 0 saturated heterocycles. The highest BCUT2D eigenvalue weighted by atomic mass is 16.4. The molecule has 94 valence electrons. The summed E-state index contributed by atoms with van der Waals surface area (Å²) in [5.41, 5.74) is 0. The monoisotopic (exact) mass is 231 g/mol. The van der Waals surface area contributed by atoms with Crippen molar-refractivity contribution in [1.29, 1.82) is 0 Å². The lowest BCUT2D eigenvalue weighted by Gasteiger charge is -2.18. The maximum Gasteiger partial charge on any atom is 0.320 e. The third kappa shape index (κ3) is 7.23. The fourth-order valence-electron chi connectivity index (χ4n) is 1.46. The molecule has 5 heteroatoms. The first-order valence-electron chi connectivity index (χ1n) is 5.50. The molecule has 3 N–H and O–H groups in total. The van der Waals surface area contributed by atoms with Gasteiger partial charge in [-0.05, 0) is 24.8 Å². The molecule has 0 saturated carbocycles. The third-order valence-corrected chi connectivity index (χ3v) is 2.24. The van der Waals surface area contributed by atoms with Crippen LogP contribution in [0.25, 0.3) is 0 Å². The van der Waals surface area contributed by atoms with Gasteiger partial charge >= 0.3 is 11.9 Å². The van der Waals surface area contributed by atoms with Crippen LogP contribution in [0.4, 0.5) is 0 Å². The number of nitrogens with one attached hydrogen (secondary N) is 1. The largest absolute Gasteiger partial charge is 0.481 e. The molecule has 0 aromatic heterocycles. The molecule has 0 fully saturated rings. The van der Waals surface area contributed by atoms with E-state index in [1.165, 1.54) is 0 Å². The minimum absolute atomic E-state index is 0.0566. The lowest BCUT2D eigenvalue weighted by Crippen LogP contribution is -2.40. The van der Waals surface area contributed by atoms with Crippen molar-refractivity contribution in [3.8, 4) is 0 Å². The smallest absolute Gasteiger partial charge is 0.320 e. The summed E-state index contributed by atoms with van der Waals surface area (Å²) in [5, 5.41) is 20.4. The predicted octanol–water partition coefficient (Wildman–Crippen LogP) is 1.19. The van der Waals surface area contributed by atoms with Gasteiger partial charge in [-0.2, -0.15) is 0 Å². The molecular weight excluding hydrogens is 210 g/mol. The normalized spacial score (nSPS) is 14.8. The summed E-state index contributed by atoms with van der Waals surface area (Å²) in [5.74, 6) is -1.50. The van der Waals surface area contributed by atoms with Gasteiger partial charge in [-0.25, -0.2) is 0 Å². The van der Waals surface area contributed by atoms with Crippen LogP contribution in [0.2, 0.25) is 0 Å². The van der Waals surface area contributed by atoms with Gasteiger partial charge in [0, 0.05) is 6.42 Å². The second-order valence-corrected chi connectivity index (χ2v) is 4.63. The number of carboxylic acids is 2. The molecule has 2 atom stereocenters. The second kappa shape index (κ2) is 7.22. The van der Waals surface area contributed by atoms with Crippen LogP contribution in [-0.2, 0) is 9.59 Å². The molecular formula is C11H21NO4. The van der Waals surface area contributed by atoms with E-state index < -0.39 is 18.0 Å². The number of rotatable bonds is 8. The fraction of sp³-hybridized carbons (Fsp3) is 0.818. The van der Waals surface area contributed by atoms with Crippen LogP contribution in [0.15, 0.2) is 0 Å². The van der Waals surface area contributed by atoms with Crippen molar-refractivity contribution in [2.75, 3.05) is 6.54 Å². The summed E-state index contributed by atoms with van der Waals surface area (Å²) in [6.45, 7) is 6.11. The summed E-state index contributed by atoms with van der Waals surface area (Å²) >= 11 is 0. The Bertz CT molecular complexity index is 240. The molecule has 0 aliphatic heterocycles. The number of hydrogen-bond acceptors (Lipinski definition) is 3. The van der Waals surface area contributed by atoms with Crippen molar-refractivity contribution >= 4 is 11.9 Å². The quantitative estimate of drug-likeness (QED) is 0.584. The number of carboxylic acid groups (broad SMARTS) is 2. The lowest BCUT2D eigenvalue weighted by molar-refractivity contribution is -0.140. The Morgan fingerprint density at radius 3 is 2.12 bits per heavy atom. The average Bonchev–Trinajstić information content (AvgIpc) is 2.09. The summed E-state index contributed by atoms with van der Waals surface area (Å²) < 4.78 is 0. The molecule has 0 bridgehead atoms. The van der Waals surface area contributed by atoms with Gasteiger partial charge < -0.3 is 15.5 Å². The van der Waals surface area contributed by atoms with Gasteiger partial charge in [0.05, 0.1) is 0 Å². The molecule has 0 heterocycles. The molecule has 5 nitrogen and oxygen atoms in total. The summed E-state index contributed by atoms with van der Waals surface area (Å²) in [6.07, 6.45) is 0.607. The predicted molar refractivity (Wildman–Crippen MR) is 60.3 cm³/mol. The van der Waals surface area contributed by atoms with Crippen LogP contribution in [0.3, 0.4) is 0 Å². The first kappa shape index (κ1) is 14.9. The van der Waals surface area contributed by atoms with Crippen LogP contribution in [0.5, 0.6) is 0 Å². The SMILES string of the molecule is CC(C)C[C@H](NCC(C)CC(=O)O)C(=O)O. The van der Waals surface area contributed by atoms with Crippen LogP contribution >= 0.6 is 0 Å². The van der Waals surface area contributed by atoms with E-state index in [4.69, 9.17) is 10.2 Å². The molecule has 0 aliphatic rings. The topological polar surface area (TPSA) is 86.6 Å². The van der Waals surface area contributed by atoms with E-state index in [9.17, 15) is 9.59 Å². The molecule has 0 aromatic rings. The second-order valence-electron chi connectivity index (χ2n) is 4.63. The summed E-state index contributed by atoms with van der Waals surface area (Å²) in [7, 11) is 0. The van der Waals surface area contributed by atoms with Crippen molar-refractivity contribution in [2.24, 2.45) is 11.8 Å². The van der Waals surface area contributed by atoms with Crippen LogP contribution in [0, 0.1) is 11.8 Å². The standard InChI is InChI=1S/C11H21NO4/c1-7(2)4-9(11(15)16)12-6-8(3)5-10(13)14/h7-9,12H,4-6H2,1-3H3,(H,13,14)(H,15,16)/t8?,9-/m0/s1. The molecule has 0 aliphatic carbocycles. The van der Waals surface area contributed by atoms with E-state index >= 15 is 0 Å². The van der Waals surface area contributed by atoms with E-state index in [1.807, 2.05) is 13.8 Å². The number of hydrogen-bond donors (Lipinski definition) is 3. The summed E-state index contributed by atoms with van der Waals surface area (Å²) in [4.78, 5) is 21.3. The van der Waals surface area contributed by atoms with Crippen molar-refractivity contribution in [1.82, 2.24) is 5.32 Å². The van der Waals surface area contributed by atoms with Gasteiger partial charge in [-0.1, -0.05) is 20.8 Å². The fourth-order valence-corrected chi connectivity index (χ4v) is 1.46. The van der Waals surface area contributed by atoms with Crippen molar-refractivity contribution in [3.63, 3.8) is 0 Å². The zero-order valence-electron chi connectivity index (χ0n) is 10.1. The van der Waals surface area contributed by atoms with Gasteiger partial charge in [0.1, 0.15) is 6.04 Å². The molecule has 0 amide bonds. The van der Waals surface area contributed by atoms with E-state index in [0.717, 1.165) is 0 Å². The van der Waals surface area contributed by atoms with E-state index in [1.54, 1.807) is 6.92 Å². The molecule has 0 radical (unpaired) electrons. The molecule has 16 heavy (non-hydrogen) atoms. The molecule has 0 rings (SSSR count). The van der Waals surface area contributed by atoms with Crippen LogP contribution in [-0.4, -0.2) is 34.7 Å². The molecule has 0 aromatic carbocycles. The molecule has 1 unspecified atom stereocenters.